The Morgan fingerprint density at radius 3 is 2.58 bits per heavy atom. The van der Waals surface area contributed by atoms with Crippen molar-refractivity contribution in [2.24, 2.45) is 0 Å². The van der Waals surface area contributed by atoms with Gasteiger partial charge in [-0.2, -0.15) is 0 Å². The number of amides is 1. The highest BCUT2D eigenvalue weighted by Gasteiger charge is 2.13. The molecular weight excluding hydrogens is 381 g/mol. The van der Waals surface area contributed by atoms with Crippen molar-refractivity contribution in [3.8, 4) is 5.75 Å². The lowest BCUT2D eigenvalue weighted by molar-refractivity contribution is -0.124. The average molecular weight is 396 g/mol. The maximum atomic E-state index is 13.0. The summed E-state index contributed by atoms with van der Waals surface area (Å²) >= 11 is 3.07. The van der Waals surface area contributed by atoms with Crippen molar-refractivity contribution < 1.29 is 23.5 Å². The number of ether oxygens (including phenoxy) is 2. The molecule has 0 saturated heterocycles. The van der Waals surface area contributed by atoms with Gasteiger partial charge in [-0.05, 0) is 46.3 Å². The van der Waals surface area contributed by atoms with Gasteiger partial charge in [-0.15, -0.1) is 0 Å². The molecule has 2 aromatic rings. The zero-order chi connectivity index (χ0) is 17.4. The first-order valence-electron chi connectivity index (χ1n) is 7.13. The molecule has 0 radical (unpaired) electrons. The van der Waals surface area contributed by atoms with Gasteiger partial charge in [-0.1, -0.05) is 18.2 Å². The predicted octanol–water partition coefficient (Wildman–Crippen LogP) is 2.94. The molecule has 7 heteroatoms. The topological polar surface area (TPSA) is 64.6 Å². The number of hydrogen-bond acceptors (Lipinski definition) is 4. The maximum Gasteiger partial charge on any atom is 0.339 e. The van der Waals surface area contributed by atoms with E-state index in [4.69, 9.17) is 9.47 Å². The van der Waals surface area contributed by atoms with Crippen LogP contribution in [-0.4, -0.2) is 31.6 Å². The Morgan fingerprint density at radius 2 is 1.88 bits per heavy atom. The van der Waals surface area contributed by atoms with Gasteiger partial charge in [-0.25, -0.2) is 9.18 Å². The van der Waals surface area contributed by atoms with Gasteiger partial charge in [0, 0.05) is 4.47 Å². The van der Waals surface area contributed by atoms with E-state index < -0.39 is 24.3 Å². The molecule has 0 aromatic heterocycles. The fraction of sp³-hybridized carbons (Fsp3) is 0.176. The monoisotopic (exact) mass is 395 g/mol. The van der Waals surface area contributed by atoms with Crippen LogP contribution in [0.1, 0.15) is 10.4 Å². The van der Waals surface area contributed by atoms with E-state index >= 15 is 0 Å². The summed E-state index contributed by atoms with van der Waals surface area (Å²) in [7, 11) is 0. The molecule has 1 amide bonds. The van der Waals surface area contributed by atoms with Gasteiger partial charge in [0.25, 0.3) is 5.91 Å². The van der Waals surface area contributed by atoms with Gasteiger partial charge in [0.05, 0.1) is 12.1 Å². The molecule has 0 aliphatic heterocycles. The number of carbonyl (C=O) groups is 2. The number of halogens is 2. The van der Waals surface area contributed by atoms with Crippen LogP contribution in [0.3, 0.4) is 0 Å². The fourth-order valence-electron chi connectivity index (χ4n) is 1.79. The van der Waals surface area contributed by atoms with Crippen molar-refractivity contribution in [2.45, 2.75) is 0 Å². The molecule has 24 heavy (non-hydrogen) atoms. The maximum absolute atomic E-state index is 13.0. The zero-order valence-corrected chi connectivity index (χ0v) is 14.2. The largest absolute Gasteiger partial charge is 0.492 e. The molecule has 0 atom stereocenters. The van der Waals surface area contributed by atoms with Gasteiger partial charge < -0.3 is 14.8 Å². The normalized spacial score (nSPS) is 10.1. The van der Waals surface area contributed by atoms with Crippen molar-refractivity contribution in [2.75, 3.05) is 19.8 Å². The Labute approximate surface area is 146 Å². The van der Waals surface area contributed by atoms with E-state index in [1.165, 1.54) is 6.07 Å². The predicted molar refractivity (Wildman–Crippen MR) is 89.3 cm³/mol. The van der Waals surface area contributed by atoms with Crippen molar-refractivity contribution in [1.82, 2.24) is 5.32 Å². The number of esters is 1. The second-order valence-electron chi connectivity index (χ2n) is 4.71. The van der Waals surface area contributed by atoms with Crippen molar-refractivity contribution >= 4 is 27.8 Å². The van der Waals surface area contributed by atoms with Crippen LogP contribution in [0.15, 0.2) is 53.0 Å². The molecule has 0 saturated carbocycles. The molecule has 2 aromatic carbocycles. The lowest BCUT2D eigenvalue weighted by Gasteiger charge is -2.09. The van der Waals surface area contributed by atoms with Crippen LogP contribution in [0.2, 0.25) is 0 Å². The van der Waals surface area contributed by atoms with Crippen LogP contribution in [-0.2, 0) is 9.53 Å². The Morgan fingerprint density at radius 1 is 1.12 bits per heavy atom. The number of rotatable bonds is 7. The molecule has 2 rings (SSSR count). The molecule has 5 nitrogen and oxygen atoms in total. The van der Waals surface area contributed by atoms with Crippen LogP contribution >= 0.6 is 15.9 Å². The van der Waals surface area contributed by atoms with Gasteiger partial charge in [0.1, 0.15) is 18.2 Å². The zero-order valence-electron chi connectivity index (χ0n) is 12.6. The summed E-state index contributed by atoms with van der Waals surface area (Å²) in [6, 6.07) is 12.8. The van der Waals surface area contributed by atoms with E-state index in [0.717, 1.165) is 12.1 Å². The lowest BCUT2D eigenvalue weighted by atomic mass is 10.2. The SMILES string of the molecule is O=C(COC(=O)c1ccc(F)cc1Br)NCCOc1ccccc1. The van der Waals surface area contributed by atoms with Crippen molar-refractivity contribution in [1.29, 1.82) is 0 Å². The minimum Gasteiger partial charge on any atom is -0.492 e. The Hall–Kier alpha value is -2.41. The fourth-order valence-corrected chi connectivity index (χ4v) is 2.30. The average Bonchev–Trinajstić information content (AvgIpc) is 2.57. The minimum absolute atomic E-state index is 0.150. The number of para-hydroxylation sites is 1. The Bertz CT molecular complexity index is 709. The van der Waals surface area contributed by atoms with E-state index in [-0.39, 0.29) is 16.6 Å². The highest BCUT2D eigenvalue weighted by molar-refractivity contribution is 9.10. The molecule has 1 N–H and O–H groups in total. The van der Waals surface area contributed by atoms with Crippen molar-refractivity contribution in [3.05, 3.63) is 64.4 Å². The first-order chi connectivity index (χ1) is 11.6. The summed E-state index contributed by atoms with van der Waals surface area (Å²) in [5, 5.41) is 2.57. The lowest BCUT2D eigenvalue weighted by Crippen LogP contribution is -2.32. The highest BCUT2D eigenvalue weighted by atomic mass is 79.9. The number of hydrogen-bond donors (Lipinski definition) is 1. The Kier molecular flexibility index (Phi) is 6.74. The second-order valence-corrected chi connectivity index (χ2v) is 5.57. The van der Waals surface area contributed by atoms with E-state index in [1.807, 2.05) is 30.3 Å². The smallest absolute Gasteiger partial charge is 0.339 e. The Balaban J connectivity index is 1.68. The molecule has 0 unspecified atom stereocenters. The van der Waals surface area contributed by atoms with Gasteiger partial charge in [-0.3, -0.25) is 4.79 Å². The van der Waals surface area contributed by atoms with Crippen LogP contribution in [0, 0.1) is 5.82 Å². The number of nitrogens with one attached hydrogen (secondary N) is 1. The second kappa shape index (κ2) is 9.02. The van der Waals surface area contributed by atoms with Crippen LogP contribution in [0.4, 0.5) is 4.39 Å². The third-order valence-corrected chi connectivity index (χ3v) is 3.58. The minimum atomic E-state index is -0.711. The van der Waals surface area contributed by atoms with Crippen LogP contribution < -0.4 is 10.1 Å². The van der Waals surface area contributed by atoms with E-state index in [2.05, 4.69) is 21.2 Å². The number of carbonyl (C=O) groups excluding carboxylic acids is 2. The first-order valence-corrected chi connectivity index (χ1v) is 7.92. The molecule has 126 valence electrons. The number of benzene rings is 2. The van der Waals surface area contributed by atoms with Gasteiger partial charge >= 0.3 is 5.97 Å². The third kappa shape index (κ3) is 5.66. The van der Waals surface area contributed by atoms with Gasteiger partial charge in [0.15, 0.2) is 6.61 Å². The first kappa shape index (κ1) is 17.9. The molecule has 0 spiro atoms. The third-order valence-electron chi connectivity index (χ3n) is 2.92. The molecule has 0 fully saturated rings. The van der Waals surface area contributed by atoms with Crippen LogP contribution in [0.25, 0.3) is 0 Å². The van der Waals surface area contributed by atoms with E-state index in [9.17, 15) is 14.0 Å². The molecule has 0 aliphatic rings. The van der Waals surface area contributed by atoms with Crippen molar-refractivity contribution in [3.63, 3.8) is 0 Å². The summed E-state index contributed by atoms with van der Waals surface area (Å²) in [5.74, 6) is -0.926. The molecule has 0 heterocycles. The standard InChI is InChI=1S/C17H15BrFNO4/c18-15-10-12(19)6-7-14(15)17(22)24-11-16(21)20-8-9-23-13-4-2-1-3-5-13/h1-7,10H,8-9,11H2,(H,20,21). The highest BCUT2D eigenvalue weighted by Crippen LogP contribution is 2.18. The summed E-state index contributed by atoms with van der Waals surface area (Å²) in [4.78, 5) is 23.4. The summed E-state index contributed by atoms with van der Waals surface area (Å²) in [6.07, 6.45) is 0. The molecule has 0 bridgehead atoms. The van der Waals surface area contributed by atoms with E-state index in [1.54, 1.807) is 0 Å². The van der Waals surface area contributed by atoms with E-state index in [0.29, 0.717) is 12.4 Å². The summed E-state index contributed by atoms with van der Waals surface area (Å²) in [5.41, 5.74) is 0.150. The van der Waals surface area contributed by atoms with Crippen LogP contribution in [0.5, 0.6) is 5.75 Å². The molecule has 0 aliphatic carbocycles. The summed E-state index contributed by atoms with van der Waals surface area (Å²) < 4.78 is 23.5. The quantitative estimate of drug-likeness (QED) is 0.578. The molecular formula is C17H15BrFNO4. The van der Waals surface area contributed by atoms with Gasteiger partial charge in [0.2, 0.25) is 0 Å². The summed E-state index contributed by atoms with van der Waals surface area (Å²) in [6.45, 7) is 0.159.